The zero-order valence-corrected chi connectivity index (χ0v) is 9.99. The standard InChI is InChI=1S/C12H20N2O/c1-5-10(6-2)12(15)11-7-8(3)13-14-9(11)4/h7,10,12,15H,5-6H2,1-4H3. The number of aliphatic hydroxyl groups is 1. The normalized spacial score (nSPS) is 13.2. The highest BCUT2D eigenvalue weighted by molar-refractivity contribution is 5.22. The average molecular weight is 208 g/mol. The third kappa shape index (κ3) is 2.75. The highest BCUT2D eigenvalue weighted by Crippen LogP contribution is 2.28. The number of aryl methyl sites for hydroxylation is 2. The van der Waals surface area contributed by atoms with Gasteiger partial charge in [-0.05, 0) is 25.8 Å². The summed E-state index contributed by atoms with van der Waals surface area (Å²) in [7, 11) is 0. The Balaban J connectivity index is 2.98. The van der Waals surface area contributed by atoms with Crippen molar-refractivity contribution in [2.24, 2.45) is 5.92 Å². The van der Waals surface area contributed by atoms with Crippen molar-refractivity contribution in [1.82, 2.24) is 10.2 Å². The maximum absolute atomic E-state index is 10.2. The molecular formula is C12H20N2O. The maximum Gasteiger partial charge on any atom is 0.0836 e. The Bertz CT molecular complexity index is 321. The van der Waals surface area contributed by atoms with Gasteiger partial charge in [-0.1, -0.05) is 26.7 Å². The van der Waals surface area contributed by atoms with Gasteiger partial charge < -0.3 is 5.11 Å². The maximum atomic E-state index is 10.2. The fourth-order valence-electron chi connectivity index (χ4n) is 1.86. The number of hydrogen-bond donors (Lipinski definition) is 1. The van der Waals surface area contributed by atoms with Crippen molar-refractivity contribution in [3.63, 3.8) is 0 Å². The fraction of sp³-hybridized carbons (Fsp3) is 0.667. The first-order valence-electron chi connectivity index (χ1n) is 5.59. The predicted octanol–water partition coefficient (Wildman–Crippen LogP) is 2.56. The van der Waals surface area contributed by atoms with Gasteiger partial charge >= 0.3 is 0 Å². The molecule has 3 nitrogen and oxygen atoms in total. The molecule has 1 N–H and O–H groups in total. The molecule has 0 amide bonds. The number of aliphatic hydroxyl groups excluding tert-OH is 1. The van der Waals surface area contributed by atoms with Gasteiger partial charge in [0.25, 0.3) is 0 Å². The summed E-state index contributed by atoms with van der Waals surface area (Å²) in [5, 5.41) is 18.2. The van der Waals surface area contributed by atoms with Crippen LogP contribution in [0.2, 0.25) is 0 Å². The van der Waals surface area contributed by atoms with Gasteiger partial charge in [-0.3, -0.25) is 0 Å². The van der Waals surface area contributed by atoms with Crippen LogP contribution in [0, 0.1) is 19.8 Å². The van der Waals surface area contributed by atoms with Crippen LogP contribution in [0.5, 0.6) is 0 Å². The van der Waals surface area contributed by atoms with Crippen molar-refractivity contribution >= 4 is 0 Å². The van der Waals surface area contributed by atoms with Gasteiger partial charge in [-0.2, -0.15) is 10.2 Å². The third-order valence-electron chi connectivity index (χ3n) is 2.95. The molecule has 1 atom stereocenters. The van der Waals surface area contributed by atoms with Crippen LogP contribution in [-0.4, -0.2) is 15.3 Å². The quantitative estimate of drug-likeness (QED) is 0.827. The zero-order valence-electron chi connectivity index (χ0n) is 9.99. The van der Waals surface area contributed by atoms with E-state index in [0.29, 0.717) is 5.92 Å². The molecule has 0 aromatic carbocycles. The van der Waals surface area contributed by atoms with Gasteiger partial charge in [0.15, 0.2) is 0 Å². The molecule has 1 unspecified atom stereocenters. The van der Waals surface area contributed by atoms with E-state index in [1.807, 2.05) is 19.9 Å². The van der Waals surface area contributed by atoms with E-state index in [2.05, 4.69) is 24.0 Å². The molecule has 15 heavy (non-hydrogen) atoms. The molecule has 0 spiro atoms. The first-order valence-corrected chi connectivity index (χ1v) is 5.59. The van der Waals surface area contributed by atoms with Gasteiger partial charge in [0.2, 0.25) is 0 Å². The molecule has 1 heterocycles. The molecule has 0 radical (unpaired) electrons. The molecule has 0 saturated carbocycles. The second-order valence-corrected chi connectivity index (χ2v) is 4.05. The number of nitrogens with zero attached hydrogens (tertiary/aromatic N) is 2. The summed E-state index contributed by atoms with van der Waals surface area (Å²) < 4.78 is 0. The third-order valence-corrected chi connectivity index (χ3v) is 2.95. The molecular weight excluding hydrogens is 188 g/mol. The molecule has 1 aromatic heterocycles. The van der Waals surface area contributed by atoms with Crippen LogP contribution in [0.4, 0.5) is 0 Å². The van der Waals surface area contributed by atoms with E-state index in [1.54, 1.807) is 0 Å². The second kappa shape index (κ2) is 5.21. The Morgan fingerprint density at radius 3 is 2.33 bits per heavy atom. The van der Waals surface area contributed by atoms with Crippen molar-refractivity contribution in [1.29, 1.82) is 0 Å². The second-order valence-electron chi connectivity index (χ2n) is 4.05. The Hall–Kier alpha value is -0.960. The van der Waals surface area contributed by atoms with Crippen LogP contribution in [0.3, 0.4) is 0 Å². The zero-order chi connectivity index (χ0) is 11.4. The van der Waals surface area contributed by atoms with Gasteiger partial charge in [-0.25, -0.2) is 0 Å². The molecule has 0 aliphatic heterocycles. The van der Waals surface area contributed by atoms with Crippen molar-refractivity contribution < 1.29 is 5.11 Å². The van der Waals surface area contributed by atoms with E-state index in [4.69, 9.17) is 0 Å². The highest BCUT2D eigenvalue weighted by Gasteiger charge is 2.20. The van der Waals surface area contributed by atoms with Crippen LogP contribution >= 0.6 is 0 Å². The molecule has 3 heteroatoms. The lowest BCUT2D eigenvalue weighted by atomic mass is 9.91. The van der Waals surface area contributed by atoms with E-state index in [1.165, 1.54) is 0 Å². The van der Waals surface area contributed by atoms with Crippen molar-refractivity contribution in [2.45, 2.75) is 46.6 Å². The van der Waals surface area contributed by atoms with E-state index in [9.17, 15) is 5.11 Å². The summed E-state index contributed by atoms with van der Waals surface area (Å²) in [6, 6.07) is 1.94. The lowest BCUT2D eigenvalue weighted by Gasteiger charge is -2.21. The number of hydrogen-bond acceptors (Lipinski definition) is 3. The Morgan fingerprint density at radius 1 is 1.20 bits per heavy atom. The van der Waals surface area contributed by atoms with Crippen molar-refractivity contribution in [3.8, 4) is 0 Å². The SMILES string of the molecule is CCC(CC)C(O)c1cc(C)nnc1C. The fourth-order valence-corrected chi connectivity index (χ4v) is 1.86. The van der Waals surface area contributed by atoms with Crippen molar-refractivity contribution in [2.75, 3.05) is 0 Å². The monoisotopic (exact) mass is 208 g/mol. The first-order chi connectivity index (χ1) is 7.10. The molecule has 84 valence electrons. The molecule has 0 aliphatic rings. The van der Waals surface area contributed by atoms with Crippen molar-refractivity contribution in [3.05, 3.63) is 23.0 Å². The minimum atomic E-state index is -0.408. The minimum Gasteiger partial charge on any atom is -0.388 e. The van der Waals surface area contributed by atoms with Gasteiger partial charge in [-0.15, -0.1) is 0 Å². The molecule has 0 bridgehead atoms. The summed E-state index contributed by atoms with van der Waals surface area (Å²) >= 11 is 0. The Kier molecular flexibility index (Phi) is 4.21. The van der Waals surface area contributed by atoms with Gasteiger partial charge in [0.05, 0.1) is 17.5 Å². The number of aromatic nitrogens is 2. The summed E-state index contributed by atoms with van der Waals surface area (Å²) in [4.78, 5) is 0. The Labute approximate surface area is 91.6 Å². The van der Waals surface area contributed by atoms with Crippen LogP contribution in [0.1, 0.15) is 49.7 Å². The predicted molar refractivity (Wildman–Crippen MR) is 60.5 cm³/mol. The average Bonchev–Trinajstić information content (AvgIpc) is 2.23. The lowest BCUT2D eigenvalue weighted by Crippen LogP contribution is -2.13. The molecule has 0 aliphatic carbocycles. The van der Waals surface area contributed by atoms with E-state index in [-0.39, 0.29) is 0 Å². The summed E-state index contributed by atoms with van der Waals surface area (Å²) in [5.74, 6) is 0.312. The van der Waals surface area contributed by atoms with Crippen LogP contribution in [-0.2, 0) is 0 Å². The van der Waals surface area contributed by atoms with E-state index >= 15 is 0 Å². The van der Waals surface area contributed by atoms with Crippen LogP contribution in [0.25, 0.3) is 0 Å². The molecule has 0 fully saturated rings. The lowest BCUT2D eigenvalue weighted by molar-refractivity contribution is 0.102. The van der Waals surface area contributed by atoms with Gasteiger partial charge in [0, 0.05) is 5.56 Å². The first kappa shape index (κ1) is 12.1. The molecule has 1 rings (SSSR count). The molecule has 1 aromatic rings. The van der Waals surface area contributed by atoms with E-state index < -0.39 is 6.10 Å². The summed E-state index contributed by atoms with van der Waals surface area (Å²) in [5.41, 5.74) is 2.62. The topological polar surface area (TPSA) is 46.0 Å². The highest BCUT2D eigenvalue weighted by atomic mass is 16.3. The van der Waals surface area contributed by atoms with E-state index in [0.717, 1.165) is 29.8 Å². The van der Waals surface area contributed by atoms with Crippen LogP contribution in [0.15, 0.2) is 6.07 Å². The summed E-state index contributed by atoms with van der Waals surface area (Å²) in [6.07, 6.45) is 1.56. The minimum absolute atomic E-state index is 0.312. The van der Waals surface area contributed by atoms with Gasteiger partial charge in [0.1, 0.15) is 0 Å². The Morgan fingerprint density at radius 2 is 1.80 bits per heavy atom. The molecule has 0 saturated heterocycles. The largest absolute Gasteiger partial charge is 0.388 e. The number of rotatable bonds is 4. The van der Waals surface area contributed by atoms with Crippen LogP contribution < -0.4 is 0 Å². The smallest absolute Gasteiger partial charge is 0.0836 e. The summed E-state index contributed by atoms with van der Waals surface area (Å²) in [6.45, 7) is 8.01.